The van der Waals surface area contributed by atoms with E-state index in [1.54, 1.807) is 10.9 Å². The number of aromatic nitrogens is 2. The molecule has 0 aliphatic heterocycles. The van der Waals surface area contributed by atoms with Gasteiger partial charge in [-0.2, -0.15) is 5.10 Å². The van der Waals surface area contributed by atoms with Crippen molar-refractivity contribution in [2.24, 2.45) is 12.8 Å². The summed E-state index contributed by atoms with van der Waals surface area (Å²) < 4.78 is 1.75. The second-order valence-electron chi connectivity index (χ2n) is 2.24. The molecule has 9 heavy (non-hydrogen) atoms. The van der Waals surface area contributed by atoms with E-state index in [0.29, 0.717) is 0 Å². The van der Waals surface area contributed by atoms with Gasteiger partial charge < -0.3 is 5.73 Å². The average molecular weight is 125 g/mol. The molecule has 0 aliphatic carbocycles. The van der Waals surface area contributed by atoms with Gasteiger partial charge >= 0.3 is 0 Å². The van der Waals surface area contributed by atoms with Crippen LogP contribution in [-0.4, -0.2) is 9.78 Å². The Morgan fingerprint density at radius 1 is 1.78 bits per heavy atom. The summed E-state index contributed by atoms with van der Waals surface area (Å²) in [7, 11) is 1.88. The molecule has 0 amide bonds. The lowest BCUT2D eigenvalue weighted by Gasteiger charge is -1.96. The molecule has 0 aromatic carbocycles. The molecule has 1 rings (SSSR count). The smallest absolute Gasteiger partial charge is 0.0537 e. The van der Waals surface area contributed by atoms with Crippen LogP contribution in [0.15, 0.2) is 12.4 Å². The van der Waals surface area contributed by atoms with E-state index >= 15 is 0 Å². The molecule has 3 nitrogen and oxygen atoms in total. The first-order valence-electron chi connectivity index (χ1n) is 2.94. The number of rotatable bonds is 1. The van der Waals surface area contributed by atoms with Crippen molar-refractivity contribution in [1.82, 2.24) is 9.78 Å². The molecule has 1 aromatic rings. The lowest BCUT2D eigenvalue weighted by atomic mass is 10.2. The molecule has 1 atom stereocenters. The predicted octanol–water partition coefficient (Wildman–Crippen LogP) is 0.440. The minimum Gasteiger partial charge on any atom is -0.324 e. The van der Waals surface area contributed by atoms with Crippen LogP contribution in [0.2, 0.25) is 0 Å². The van der Waals surface area contributed by atoms with Crippen LogP contribution >= 0.6 is 0 Å². The quantitative estimate of drug-likeness (QED) is 0.591. The zero-order chi connectivity index (χ0) is 6.85. The number of aryl methyl sites for hydroxylation is 1. The molecule has 0 bridgehead atoms. The maximum absolute atomic E-state index is 5.57. The van der Waals surface area contributed by atoms with Gasteiger partial charge in [0.1, 0.15) is 0 Å². The van der Waals surface area contributed by atoms with Crippen LogP contribution in [0.1, 0.15) is 18.5 Å². The van der Waals surface area contributed by atoms with E-state index in [-0.39, 0.29) is 6.04 Å². The predicted molar refractivity (Wildman–Crippen MR) is 35.8 cm³/mol. The van der Waals surface area contributed by atoms with Gasteiger partial charge in [-0.05, 0) is 6.92 Å². The molecule has 0 spiro atoms. The maximum atomic E-state index is 5.57. The number of hydrogen-bond acceptors (Lipinski definition) is 2. The van der Waals surface area contributed by atoms with Gasteiger partial charge in [0, 0.05) is 24.8 Å². The molecular formula is C6H11N3. The molecule has 0 saturated carbocycles. The Bertz CT molecular complexity index is 190. The number of nitrogens with zero attached hydrogens (tertiary/aromatic N) is 2. The standard InChI is InChI=1S/C6H11N3/c1-5(7)6-3-8-9(2)4-6/h3-5H,7H2,1-2H3/t5-/m1/s1. The van der Waals surface area contributed by atoms with Gasteiger partial charge in [-0.25, -0.2) is 0 Å². The van der Waals surface area contributed by atoms with Crippen molar-refractivity contribution < 1.29 is 0 Å². The highest BCUT2D eigenvalue weighted by atomic mass is 15.2. The minimum atomic E-state index is 0.0960. The summed E-state index contributed by atoms with van der Waals surface area (Å²) in [6.45, 7) is 1.94. The van der Waals surface area contributed by atoms with Gasteiger partial charge in [0.25, 0.3) is 0 Å². The first-order valence-corrected chi connectivity index (χ1v) is 2.94. The lowest BCUT2D eigenvalue weighted by molar-refractivity contribution is 0.762. The summed E-state index contributed by atoms with van der Waals surface area (Å²) in [5, 5.41) is 3.97. The van der Waals surface area contributed by atoms with Crippen molar-refractivity contribution in [3.8, 4) is 0 Å². The first kappa shape index (κ1) is 6.29. The van der Waals surface area contributed by atoms with E-state index in [4.69, 9.17) is 5.73 Å². The van der Waals surface area contributed by atoms with E-state index < -0.39 is 0 Å². The van der Waals surface area contributed by atoms with E-state index in [1.807, 2.05) is 20.2 Å². The van der Waals surface area contributed by atoms with Crippen molar-refractivity contribution >= 4 is 0 Å². The van der Waals surface area contributed by atoms with Gasteiger partial charge in [-0.3, -0.25) is 4.68 Å². The highest BCUT2D eigenvalue weighted by Crippen LogP contribution is 2.05. The second kappa shape index (κ2) is 2.19. The average Bonchev–Trinajstić information content (AvgIpc) is 2.14. The van der Waals surface area contributed by atoms with E-state index in [2.05, 4.69) is 5.10 Å². The Balaban J connectivity index is 2.85. The molecule has 50 valence electrons. The van der Waals surface area contributed by atoms with Crippen LogP contribution in [0, 0.1) is 0 Å². The summed E-state index contributed by atoms with van der Waals surface area (Å²) in [6, 6.07) is 0.0960. The maximum Gasteiger partial charge on any atom is 0.0537 e. The van der Waals surface area contributed by atoms with Crippen molar-refractivity contribution in [3.05, 3.63) is 18.0 Å². The fraction of sp³-hybridized carbons (Fsp3) is 0.500. The Kier molecular flexibility index (Phi) is 1.53. The summed E-state index contributed by atoms with van der Waals surface area (Å²) in [6.07, 6.45) is 3.70. The van der Waals surface area contributed by atoms with E-state index in [9.17, 15) is 0 Å². The zero-order valence-corrected chi connectivity index (χ0v) is 5.70. The first-order chi connectivity index (χ1) is 4.20. The summed E-state index contributed by atoms with van der Waals surface area (Å²) in [5.41, 5.74) is 6.65. The third-order valence-electron chi connectivity index (χ3n) is 1.25. The molecule has 0 aliphatic rings. The van der Waals surface area contributed by atoms with Crippen LogP contribution in [0.25, 0.3) is 0 Å². The van der Waals surface area contributed by atoms with Crippen molar-refractivity contribution in [2.75, 3.05) is 0 Å². The van der Waals surface area contributed by atoms with Crippen molar-refractivity contribution in [1.29, 1.82) is 0 Å². The third-order valence-corrected chi connectivity index (χ3v) is 1.25. The summed E-state index contributed by atoms with van der Waals surface area (Å²) >= 11 is 0. The van der Waals surface area contributed by atoms with Crippen LogP contribution in [0.4, 0.5) is 0 Å². The van der Waals surface area contributed by atoms with Gasteiger partial charge in [0.2, 0.25) is 0 Å². The summed E-state index contributed by atoms with van der Waals surface area (Å²) in [5.74, 6) is 0. The Hall–Kier alpha value is -0.830. The van der Waals surface area contributed by atoms with Gasteiger partial charge in [-0.1, -0.05) is 0 Å². The number of hydrogen-bond donors (Lipinski definition) is 1. The van der Waals surface area contributed by atoms with Gasteiger partial charge in [0.15, 0.2) is 0 Å². The third kappa shape index (κ3) is 1.29. The molecule has 3 heteroatoms. The lowest BCUT2D eigenvalue weighted by Crippen LogP contribution is -2.03. The SMILES string of the molecule is C[C@@H](N)c1cnn(C)c1. The largest absolute Gasteiger partial charge is 0.324 e. The van der Waals surface area contributed by atoms with E-state index in [1.165, 1.54) is 0 Å². The molecule has 1 heterocycles. The highest BCUT2D eigenvalue weighted by molar-refractivity contribution is 5.07. The van der Waals surface area contributed by atoms with Gasteiger partial charge in [0.05, 0.1) is 6.20 Å². The van der Waals surface area contributed by atoms with Crippen LogP contribution in [-0.2, 0) is 7.05 Å². The minimum absolute atomic E-state index is 0.0960. The molecule has 0 unspecified atom stereocenters. The zero-order valence-electron chi connectivity index (χ0n) is 5.70. The van der Waals surface area contributed by atoms with Crippen LogP contribution in [0.5, 0.6) is 0 Å². The summed E-state index contributed by atoms with van der Waals surface area (Å²) in [4.78, 5) is 0. The van der Waals surface area contributed by atoms with E-state index in [0.717, 1.165) is 5.56 Å². The molecule has 1 aromatic heterocycles. The van der Waals surface area contributed by atoms with Crippen LogP contribution in [0.3, 0.4) is 0 Å². The normalized spacial score (nSPS) is 13.7. The molecule has 0 fully saturated rings. The Morgan fingerprint density at radius 3 is 2.67 bits per heavy atom. The van der Waals surface area contributed by atoms with Crippen LogP contribution < -0.4 is 5.73 Å². The molecule has 0 saturated heterocycles. The number of nitrogens with two attached hydrogens (primary N) is 1. The highest BCUT2D eigenvalue weighted by Gasteiger charge is 1.98. The molecular weight excluding hydrogens is 114 g/mol. The van der Waals surface area contributed by atoms with Gasteiger partial charge in [-0.15, -0.1) is 0 Å². The fourth-order valence-electron chi connectivity index (χ4n) is 0.675. The monoisotopic (exact) mass is 125 g/mol. The second-order valence-corrected chi connectivity index (χ2v) is 2.24. The van der Waals surface area contributed by atoms with Crippen molar-refractivity contribution in [2.45, 2.75) is 13.0 Å². The fourth-order valence-corrected chi connectivity index (χ4v) is 0.675. The topological polar surface area (TPSA) is 43.8 Å². The molecule has 0 radical (unpaired) electrons. The Labute approximate surface area is 54.5 Å². The van der Waals surface area contributed by atoms with Crippen molar-refractivity contribution in [3.63, 3.8) is 0 Å². The Morgan fingerprint density at radius 2 is 2.44 bits per heavy atom. The molecule has 2 N–H and O–H groups in total.